The van der Waals surface area contributed by atoms with Crippen LogP contribution in [-0.4, -0.2) is 37.6 Å². The van der Waals surface area contributed by atoms with Gasteiger partial charge in [0, 0.05) is 21.8 Å². The quantitative estimate of drug-likeness (QED) is 0.791. The topological polar surface area (TPSA) is 91.0 Å². The second kappa shape index (κ2) is 8.26. The van der Waals surface area contributed by atoms with E-state index in [0.29, 0.717) is 12.1 Å². The van der Waals surface area contributed by atoms with Crippen molar-refractivity contribution in [2.24, 2.45) is 0 Å². The first-order valence-corrected chi connectivity index (χ1v) is 8.48. The SMILES string of the molecule is CC(C)(C)NC(=O)OC/C(=C/F)Cn1ncn(-c2cc(Br)ccn2)c1=O. The van der Waals surface area contributed by atoms with E-state index >= 15 is 0 Å². The molecule has 0 aliphatic rings. The van der Waals surface area contributed by atoms with Crippen molar-refractivity contribution >= 4 is 22.0 Å². The fraction of sp³-hybridized carbons (Fsp3) is 0.375. The van der Waals surface area contributed by atoms with Crippen molar-refractivity contribution in [2.75, 3.05) is 6.61 Å². The van der Waals surface area contributed by atoms with Gasteiger partial charge in [-0.2, -0.15) is 5.10 Å². The smallest absolute Gasteiger partial charge is 0.407 e. The molecule has 0 saturated heterocycles. The van der Waals surface area contributed by atoms with Crippen LogP contribution in [0.3, 0.4) is 0 Å². The summed E-state index contributed by atoms with van der Waals surface area (Å²) in [5, 5.41) is 6.54. The predicted octanol–water partition coefficient (Wildman–Crippen LogP) is 2.57. The molecule has 140 valence electrons. The van der Waals surface area contributed by atoms with Crippen LogP contribution in [0.15, 0.2) is 45.8 Å². The Morgan fingerprint density at radius 1 is 1.46 bits per heavy atom. The van der Waals surface area contributed by atoms with E-state index in [9.17, 15) is 14.0 Å². The van der Waals surface area contributed by atoms with Gasteiger partial charge >= 0.3 is 11.8 Å². The van der Waals surface area contributed by atoms with Gasteiger partial charge in [0.15, 0.2) is 0 Å². The van der Waals surface area contributed by atoms with Crippen molar-refractivity contribution in [3.8, 4) is 5.82 Å². The van der Waals surface area contributed by atoms with Crippen LogP contribution in [0.1, 0.15) is 20.8 Å². The Labute approximate surface area is 157 Å². The lowest BCUT2D eigenvalue weighted by Gasteiger charge is -2.20. The molecule has 0 unspecified atom stereocenters. The Hall–Kier alpha value is -2.49. The minimum absolute atomic E-state index is 0.0867. The molecule has 0 fully saturated rings. The number of aromatic nitrogens is 4. The molecule has 8 nitrogen and oxygen atoms in total. The number of carbonyl (C=O) groups is 1. The van der Waals surface area contributed by atoms with Gasteiger partial charge in [-0.3, -0.25) is 0 Å². The maximum Gasteiger partial charge on any atom is 0.407 e. The first kappa shape index (κ1) is 19.8. The van der Waals surface area contributed by atoms with Gasteiger partial charge in [-0.15, -0.1) is 0 Å². The number of carbonyl (C=O) groups excluding carboxylic acids is 1. The highest BCUT2D eigenvalue weighted by Crippen LogP contribution is 2.11. The van der Waals surface area contributed by atoms with E-state index in [0.717, 1.165) is 9.15 Å². The second-order valence-electron chi connectivity index (χ2n) is 6.49. The van der Waals surface area contributed by atoms with Crippen LogP contribution in [0, 0.1) is 0 Å². The van der Waals surface area contributed by atoms with Crippen molar-refractivity contribution in [1.29, 1.82) is 0 Å². The standard InChI is InChI=1S/C16H19BrFN5O3/c1-16(2,3)21-14(24)26-9-11(7-18)8-23-15(25)22(10-20-23)13-6-12(17)4-5-19-13/h4-7,10H,8-9H2,1-3H3,(H,21,24)/b11-7+. The van der Waals surface area contributed by atoms with Crippen LogP contribution < -0.4 is 11.0 Å². The Morgan fingerprint density at radius 2 is 2.19 bits per heavy atom. The van der Waals surface area contributed by atoms with Crippen LogP contribution in [0.25, 0.3) is 5.82 Å². The molecule has 0 saturated carbocycles. The molecule has 1 N–H and O–H groups in total. The first-order chi connectivity index (χ1) is 12.2. The highest BCUT2D eigenvalue weighted by atomic mass is 79.9. The predicted molar refractivity (Wildman–Crippen MR) is 96.7 cm³/mol. The van der Waals surface area contributed by atoms with E-state index in [1.165, 1.54) is 17.1 Å². The molecule has 2 aromatic heterocycles. The van der Waals surface area contributed by atoms with Crippen LogP contribution >= 0.6 is 15.9 Å². The van der Waals surface area contributed by atoms with Gasteiger partial charge in [-0.25, -0.2) is 28.2 Å². The maximum atomic E-state index is 13.1. The van der Waals surface area contributed by atoms with Crippen molar-refractivity contribution < 1.29 is 13.9 Å². The molecule has 26 heavy (non-hydrogen) atoms. The molecule has 10 heteroatoms. The van der Waals surface area contributed by atoms with Gasteiger partial charge in [0.2, 0.25) is 0 Å². The fourth-order valence-electron chi connectivity index (χ4n) is 1.93. The normalized spacial score (nSPS) is 12.1. The molecule has 0 bridgehead atoms. The maximum absolute atomic E-state index is 13.1. The molecular formula is C16H19BrFN5O3. The number of nitrogens with zero attached hydrogens (tertiary/aromatic N) is 4. The molecule has 1 amide bonds. The number of ether oxygens (including phenoxy) is 1. The van der Waals surface area contributed by atoms with Gasteiger partial charge in [0.05, 0.1) is 12.9 Å². The van der Waals surface area contributed by atoms with Crippen LogP contribution in [-0.2, 0) is 11.3 Å². The van der Waals surface area contributed by atoms with Gasteiger partial charge < -0.3 is 10.1 Å². The third-order valence-corrected chi connectivity index (χ3v) is 3.55. The first-order valence-electron chi connectivity index (χ1n) is 7.69. The van der Waals surface area contributed by atoms with Crippen LogP contribution in [0.4, 0.5) is 9.18 Å². The van der Waals surface area contributed by atoms with Gasteiger partial charge in [-0.05, 0) is 32.9 Å². The molecule has 2 heterocycles. The zero-order valence-electron chi connectivity index (χ0n) is 14.6. The van der Waals surface area contributed by atoms with E-state index < -0.39 is 17.3 Å². The molecule has 0 atom stereocenters. The Kier molecular flexibility index (Phi) is 6.30. The minimum atomic E-state index is -0.673. The van der Waals surface area contributed by atoms with Gasteiger partial charge in [0.1, 0.15) is 18.8 Å². The number of nitrogens with one attached hydrogen (secondary N) is 1. The van der Waals surface area contributed by atoms with E-state index in [2.05, 4.69) is 31.3 Å². The number of pyridine rings is 1. The Bertz CT molecular complexity index is 869. The molecular weight excluding hydrogens is 409 g/mol. The zero-order valence-corrected chi connectivity index (χ0v) is 16.2. The summed E-state index contributed by atoms with van der Waals surface area (Å²) in [6, 6.07) is 3.38. The number of halogens is 2. The highest BCUT2D eigenvalue weighted by molar-refractivity contribution is 9.10. The molecule has 0 spiro atoms. The summed E-state index contributed by atoms with van der Waals surface area (Å²) >= 11 is 3.30. The van der Waals surface area contributed by atoms with E-state index in [1.807, 2.05) is 0 Å². The summed E-state index contributed by atoms with van der Waals surface area (Å²) in [5.74, 6) is 0.377. The van der Waals surface area contributed by atoms with E-state index in [4.69, 9.17) is 4.74 Å². The van der Waals surface area contributed by atoms with Crippen molar-refractivity contribution in [3.63, 3.8) is 0 Å². The number of alkyl carbamates (subject to hydrolysis) is 1. The molecule has 0 radical (unpaired) electrons. The summed E-state index contributed by atoms with van der Waals surface area (Å²) in [7, 11) is 0. The summed E-state index contributed by atoms with van der Waals surface area (Å²) in [4.78, 5) is 28.1. The Morgan fingerprint density at radius 3 is 2.81 bits per heavy atom. The summed E-state index contributed by atoms with van der Waals surface area (Å²) < 4.78 is 21.1. The summed E-state index contributed by atoms with van der Waals surface area (Å²) in [6.07, 6.45) is 2.46. The number of rotatable bonds is 5. The van der Waals surface area contributed by atoms with E-state index in [1.54, 1.807) is 32.9 Å². The minimum Gasteiger partial charge on any atom is -0.445 e. The van der Waals surface area contributed by atoms with Crippen LogP contribution in [0.2, 0.25) is 0 Å². The Balaban J connectivity index is 2.06. The second-order valence-corrected chi connectivity index (χ2v) is 7.41. The number of hydrogen-bond donors (Lipinski definition) is 1. The van der Waals surface area contributed by atoms with Crippen LogP contribution in [0.5, 0.6) is 0 Å². The largest absolute Gasteiger partial charge is 0.445 e. The zero-order chi connectivity index (χ0) is 19.3. The molecule has 0 aliphatic heterocycles. The van der Waals surface area contributed by atoms with Gasteiger partial charge in [-0.1, -0.05) is 15.9 Å². The average molecular weight is 428 g/mol. The lowest BCUT2D eigenvalue weighted by atomic mass is 10.1. The molecule has 0 aromatic carbocycles. The van der Waals surface area contributed by atoms with Crippen molar-refractivity contribution in [3.05, 3.63) is 51.5 Å². The third kappa shape index (κ3) is 5.51. The summed E-state index contributed by atoms with van der Waals surface area (Å²) in [6.45, 7) is 4.93. The van der Waals surface area contributed by atoms with E-state index in [-0.39, 0.29) is 18.7 Å². The average Bonchev–Trinajstić information content (AvgIpc) is 2.90. The van der Waals surface area contributed by atoms with Crippen molar-refractivity contribution in [2.45, 2.75) is 32.9 Å². The lowest BCUT2D eigenvalue weighted by molar-refractivity contribution is 0.145. The molecule has 0 aliphatic carbocycles. The third-order valence-electron chi connectivity index (χ3n) is 3.06. The number of amides is 1. The fourth-order valence-corrected chi connectivity index (χ4v) is 2.26. The van der Waals surface area contributed by atoms with Crippen molar-refractivity contribution in [1.82, 2.24) is 24.6 Å². The van der Waals surface area contributed by atoms with Gasteiger partial charge in [0.25, 0.3) is 0 Å². The lowest BCUT2D eigenvalue weighted by Crippen LogP contribution is -2.41. The number of hydrogen-bond acceptors (Lipinski definition) is 5. The summed E-state index contributed by atoms with van der Waals surface area (Å²) in [5.41, 5.74) is -0.874. The monoisotopic (exact) mass is 427 g/mol. The highest BCUT2D eigenvalue weighted by Gasteiger charge is 2.16. The molecule has 2 rings (SSSR count). The molecule has 2 aromatic rings.